The summed E-state index contributed by atoms with van der Waals surface area (Å²) in [5, 5.41) is 3.01. The predicted molar refractivity (Wildman–Crippen MR) is 85.7 cm³/mol. The maximum Gasteiger partial charge on any atom is 0.240 e. The number of nitrogens with zero attached hydrogens (tertiary/aromatic N) is 1. The third kappa shape index (κ3) is 3.83. The van der Waals surface area contributed by atoms with E-state index >= 15 is 0 Å². The molecular formula is C17H27N3O. The van der Waals surface area contributed by atoms with Crippen molar-refractivity contribution in [3.63, 3.8) is 0 Å². The Balaban J connectivity index is 1.98. The first-order valence-corrected chi connectivity index (χ1v) is 7.95. The van der Waals surface area contributed by atoms with Gasteiger partial charge in [-0.25, -0.2) is 0 Å². The number of rotatable bonds is 7. The highest BCUT2D eigenvalue weighted by Gasteiger charge is 2.39. The quantitative estimate of drug-likeness (QED) is 0.807. The molecule has 0 bridgehead atoms. The third-order valence-corrected chi connectivity index (χ3v) is 4.54. The molecule has 1 aliphatic rings. The van der Waals surface area contributed by atoms with E-state index in [0.29, 0.717) is 6.54 Å². The molecule has 4 nitrogen and oxygen atoms in total. The highest BCUT2D eigenvalue weighted by molar-refractivity contribution is 5.86. The zero-order valence-corrected chi connectivity index (χ0v) is 13.2. The lowest BCUT2D eigenvalue weighted by Gasteiger charge is -2.36. The highest BCUT2D eigenvalue weighted by atomic mass is 16.2. The summed E-state index contributed by atoms with van der Waals surface area (Å²) in [5.41, 5.74) is 7.89. The van der Waals surface area contributed by atoms with Gasteiger partial charge >= 0.3 is 0 Å². The van der Waals surface area contributed by atoms with Crippen molar-refractivity contribution < 1.29 is 4.79 Å². The van der Waals surface area contributed by atoms with E-state index in [0.717, 1.165) is 38.9 Å². The normalized spacial score (nSPS) is 16.6. The van der Waals surface area contributed by atoms with Gasteiger partial charge in [-0.15, -0.1) is 0 Å². The fourth-order valence-corrected chi connectivity index (χ4v) is 2.71. The molecule has 0 saturated heterocycles. The zero-order valence-electron chi connectivity index (χ0n) is 13.2. The third-order valence-electron chi connectivity index (χ3n) is 4.54. The first-order valence-electron chi connectivity index (χ1n) is 7.95. The van der Waals surface area contributed by atoms with E-state index in [-0.39, 0.29) is 5.91 Å². The minimum absolute atomic E-state index is 0.00797. The molecule has 1 saturated carbocycles. The van der Waals surface area contributed by atoms with Gasteiger partial charge in [-0.1, -0.05) is 38.1 Å². The van der Waals surface area contributed by atoms with Crippen molar-refractivity contribution in [2.75, 3.05) is 13.1 Å². The number of nitrogens with one attached hydrogen (secondary N) is 1. The molecule has 1 aromatic carbocycles. The summed E-state index contributed by atoms with van der Waals surface area (Å²) < 4.78 is 0. The van der Waals surface area contributed by atoms with Crippen LogP contribution in [0.5, 0.6) is 0 Å². The van der Waals surface area contributed by atoms with Crippen molar-refractivity contribution >= 4 is 5.91 Å². The Bertz CT molecular complexity index is 479. The van der Waals surface area contributed by atoms with Crippen molar-refractivity contribution in [3.05, 3.63) is 35.4 Å². The number of amides is 1. The summed E-state index contributed by atoms with van der Waals surface area (Å²) in [5.74, 6) is -0.00797. The minimum Gasteiger partial charge on any atom is -0.350 e. The van der Waals surface area contributed by atoms with Gasteiger partial charge in [0.25, 0.3) is 0 Å². The first kappa shape index (κ1) is 16.0. The molecule has 1 aromatic rings. The second kappa shape index (κ2) is 7.05. The molecule has 0 unspecified atom stereocenters. The van der Waals surface area contributed by atoms with Crippen molar-refractivity contribution in [1.82, 2.24) is 10.2 Å². The molecule has 0 aromatic heterocycles. The van der Waals surface area contributed by atoms with Crippen LogP contribution in [0.2, 0.25) is 0 Å². The number of carbonyl (C=O) groups is 1. The summed E-state index contributed by atoms with van der Waals surface area (Å²) in [7, 11) is 0. The Morgan fingerprint density at radius 1 is 1.24 bits per heavy atom. The van der Waals surface area contributed by atoms with Gasteiger partial charge in [-0.2, -0.15) is 0 Å². The van der Waals surface area contributed by atoms with E-state index in [1.54, 1.807) is 0 Å². The molecule has 1 amide bonds. The summed E-state index contributed by atoms with van der Waals surface area (Å²) >= 11 is 0. The van der Waals surface area contributed by atoms with Crippen LogP contribution in [-0.2, 0) is 17.9 Å². The molecule has 0 spiro atoms. The Morgan fingerprint density at radius 2 is 1.86 bits per heavy atom. The van der Waals surface area contributed by atoms with Gasteiger partial charge in [0.05, 0.1) is 5.54 Å². The van der Waals surface area contributed by atoms with Gasteiger partial charge in [0.15, 0.2) is 0 Å². The summed E-state index contributed by atoms with van der Waals surface area (Å²) in [6, 6.07) is 8.31. The van der Waals surface area contributed by atoms with Gasteiger partial charge in [0.1, 0.15) is 0 Å². The van der Waals surface area contributed by atoms with Crippen LogP contribution in [0, 0.1) is 0 Å². The molecule has 0 aliphatic heterocycles. The Hall–Kier alpha value is -1.39. The molecule has 1 fully saturated rings. The molecule has 0 radical (unpaired) electrons. The van der Waals surface area contributed by atoms with E-state index in [1.807, 2.05) is 6.07 Å². The zero-order chi connectivity index (χ0) is 15.3. The molecule has 21 heavy (non-hydrogen) atoms. The standard InChI is InChI=1S/C17H27N3O/c1-3-20(4-2)13-15-9-6-5-8-14(15)12-19-16(21)17(18)10-7-11-17/h5-6,8-9H,3-4,7,10-13,18H2,1-2H3,(H,19,21). The van der Waals surface area contributed by atoms with Crippen molar-refractivity contribution in [3.8, 4) is 0 Å². The van der Waals surface area contributed by atoms with Crippen molar-refractivity contribution in [2.24, 2.45) is 5.73 Å². The van der Waals surface area contributed by atoms with Crippen LogP contribution in [0.3, 0.4) is 0 Å². The Morgan fingerprint density at radius 3 is 2.38 bits per heavy atom. The summed E-state index contributed by atoms with van der Waals surface area (Å²) in [6.07, 6.45) is 2.67. The molecule has 4 heteroatoms. The molecule has 3 N–H and O–H groups in total. The second-order valence-corrected chi connectivity index (χ2v) is 5.92. The molecule has 0 atom stereocenters. The van der Waals surface area contributed by atoms with Crippen LogP contribution < -0.4 is 11.1 Å². The van der Waals surface area contributed by atoms with Crippen LogP contribution in [0.4, 0.5) is 0 Å². The van der Waals surface area contributed by atoms with Gasteiger partial charge in [0.2, 0.25) is 5.91 Å². The predicted octanol–water partition coefficient (Wildman–Crippen LogP) is 2.03. The fourth-order valence-electron chi connectivity index (χ4n) is 2.71. The van der Waals surface area contributed by atoms with E-state index in [4.69, 9.17) is 5.73 Å². The minimum atomic E-state index is -0.617. The van der Waals surface area contributed by atoms with Gasteiger partial charge in [0, 0.05) is 13.1 Å². The smallest absolute Gasteiger partial charge is 0.240 e. The number of benzene rings is 1. The lowest BCUT2D eigenvalue weighted by atomic mass is 9.77. The number of hydrogen-bond acceptors (Lipinski definition) is 3. The largest absolute Gasteiger partial charge is 0.350 e. The average Bonchev–Trinajstić information content (AvgIpc) is 2.48. The van der Waals surface area contributed by atoms with Crippen LogP contribution >= 0.6 is 0 Å². The molecular weight excluding hydrogens is 262 g/mol. The molecule has 0 heterocycles. The van der Waals surface area contributed by atoms with Crippen molar-refractivity contribution in [2.45, 2.75) is 51.7 Å². The van der Waals surface area contributed by atoms with E-state index in [2.05, 4.69) is 42.3 Å². The van der Waals surface area contributed by atoms with Crippen LogP contribution in [0.25, 0.3) is 0 Å². The van der Waals surface area contributed by atoms with Crippen LogP contribution in [0.1, 0.15) is 44.2 Å². The van der Waals surface area contributed by atoms with Crippen LogP contribution in [0.15, 0.2) is 24.3 Å². The summed E-state index contributed by atoms with van der Waals surface area (Å²) in [4.78, 5) is 14.5. The lowest BCUT2D eigenvalue weighted by Crippen LogP contribution is -2.58. The maximum atomic E-state index is 12.1. The van der Waals surface area contributed by atoms with Crippen LogP contribution in [-0.4, -0.2) is 29.4 Å². The fraction of sp³-hybridized carbons (Fsp3) is 0.588. The Labute approximate surface area is 127 Å². The van der Waals surface area contributed by atoms with Gasteiger partial charge in [-0.05, 0) is 43.5 Å². The monoisotopic (exact) mass is 289 g/mol. The second-order valence-electron chi connectivity index (χ2n) is 5.92. The van der Waals surface area contributed by atoms with Gasteiger partial charge in [-0.3, -0.25) is 9.69 Å². The SMILES string of the molecule is CCN(CC)Cc1ccccc1CNC(=O)C1(N)CCC1. The molecule has 2 rings (SSSR count). The highest BCUT2D eigenvalue weighted by Crippen LogP contribution is 2.29. The first-order chi connectivity index (χ1) is 10.1. The molecule has 116 valence electrons. The number of nitrogens with two attached hydrogens (primary N) is 1. The maximum absolute atomic E-state index is 12.1. The molecule has 1 aliphatic carbocycles. The lowest BCUT2D eigenvalue weighted by molar-refractivity contribution is -0.129. The van der Waals surface area contributed by atoms with E-state index in [1.165, 1.54) is 11.1 Å². The topological polar surface area (TPSA) is 58.4 Å². The average molecular weight is 289 g/mol. The Kier molecular flexibility index (Phi) is 5.37. The summed E-state index contributed by atoms with van der Waals surface area (Å²) in [6.45, 7) is 7.89. The number of hydrogen-bond donors (Lipinski definition) is 2. The number of carbonyl (C=O) groups excluding carboxylic acids is 1. The van der Waals surface area contributed by atoms with Gasteiger partial charge < -0.3 is 11.1 Å². The van der Waals surface area contributed by atoms with Crippen molar-refractivity contribution in [1.29, 1.82) is 0 Å². The van der Waals surface area contributed by atoms with E-state index < -0.39 is 5.54 Å². The van der Waals surface area contributed by atoms with E-state index in [9.17, 15) is 4.79 Å².